The van der Waals surface area contributed by atoms with E-state index in [4.69, 9.17) is 15.0 Å². The number of nitrogens with zero attached hydrogens (tertiary/aromatic N) is 6. The van der Waals surface area contributed by atoms with Crippen molar-refractivity contribution in [2.75, 3.05) is 38.0 Å². The Labute approximate surface area is 161 Å². The van der Waals surface area contributed by atoms with Crippen LogP contribution in [0.25, 0.3) is 23.3 Å². The molecule has 0 amide bonds. The summed E-state index contributed by atoms with van der Waals surface area (Å²) >= 11 is 0. The third kappa shape index (κ3) is 4.10. The van der Waals surface area contributed by atoms with Crippen LogP contribution in [0, 0.1) is 0 Å². The number of aromatic nitrogens is 4. The van der Waals surface area contributed by atoms with E-state index in [0.29, 0.717) is 5.95 Å². The highest BCUT2D eigenvalue weighted by molar-refractivity contribution is 5.87. The summed E-state index contributed by atoms with van der Waals surface area (Å²) in [6.45, 7) is 3.09. The van der Waals surface area contributed by atoms with Gasteiger partial charge in [0.1, 0.15) is 5.82 Å². The molecule has 27 heavy (non-hydrogen) atoms. The van der Waals surface area contributed by atoms with Gasteiger partial charge in [0.2, 0.25) is 5.95 Å². The van der Waals surface area contributed by atoms with Crippen LogP contribution >= 0.6 is 0 Å². The summed E-state index contributed by atoms with van der Waals surface area (Å²) in [5, 5.41) is 0. The first-order chi connectivity index (χ1) is 13.0. The molecule has 0 radical (unpaired) electrons. The van der Waals surface area contributed by atoms with Gasteiger partial charge in [-0.05, 0) is 18.1 Å². The number of rotatable bonds is 7. The topological polar surface area (TPSA) is 50.1 Å². The van der Waals surface area contributed by atoms with E-state index >= 15 is 0 Å². The molecule has 0 unspecified atom stereocenters. The Morgan fingerprint density at radius 2 is 1.67 bits per heavy atom. The second kappa shape index (κ2) is 8.20. The maximum Gasteiger partial charge on any atom is 0.228 e. The molecule has 0 saturated heterocycles. The van der Waals surface area contributed by atoms with E-state index in [2.05, 4.69) is 35.8 Å². The number of benzene rings is 1. The normalized spacial score (nSPS) is 11.4. The average Bonchev–Trinajstić information content (AvgIpc) is 3.01. The molecule has 2 heterocycles. The molecule has 0 aliphatic carbocycles. The summed E-state index contributed by atoms with van der Waals surface area (Å²) in [5.41, 5.74) is 2.88. The lowest BCUT2D eigenvalue weighted by atomic mass is 10.2. The largest absolute Gasteiger partial charge is 0.361 e. The van der Waals surface area contributed by atoms with Gasteiger partial charge in [-0.3, -0.25) is 0 Å². The van der Waals surface area contributed by atoms with Crippen molar-refractivity contribution in [1.82, 2.24) is 19.5 Å². The first kappa shape index (κ1) is 18.9. The van der Waals surface area contributed by atoms with Gasteiger partial charge in [-0.1, -0.05) is 49.8 Å². The third-order valence-electron chi connectivity index (χ3n) is 4.38. The zero-order chi connectivity index (χ0) is 19.4. The molecule has 3 aromatic rings. The van der Waals surface area contributed by atoms with E-state index in [0.717, 1.165) is 47.8 Å². The van der Waals surface area contributed by atoms with Crippen LogP contribution in [-0.2, 0) is 6.54 Å². The van der Waals surface area contributed by atoms with E-state index in [1.807, 2.05) is 56.2 Å². The molecule has 3 rings (SSSR count). The van der Waals surface area contributed by atoms with Crippen LogP contribution in [0.2, 0.25) is 0 Å². The molecule has 0 aliphatic heterocycles. The van der Waals surface area contributed by atoms with Gasteiger partial charge >= 0.3 is 0 Å². The SMILES string of the molecule is CCCCn1c(/C=C/c2ccccc2)nc2c(N(C)C)nc(N(C)C)nc21. The Kier molecular flexibility index (Phi) is 5.74. The first-order valence-electron chi connectivity index (χ1n) is 9.37. The Morgan fingerprint density at radius 1 is 0.926 bits per heavy atom. The summed E-state index contributed by atoms with van der Waals surface area (Å²) < 4.78 is 2.21. The Morgan fingerprint density at radius 3 is 2.30 bits per heavy atom. The number of hydrogen-bond donors (Lipinski definition) is 0. The number of unbranched alkanes of at least 4 members (excludes halogenated alkanes) is 1. The summed E-state index contributed by atoms with van der Waals surface area (Å²) in [6.07, 6.45) is 6.37. The molecule has 0 aliphatic rings. The molecule has 0 fully saturated rings. The molecule has 0 saturated carbocycles. The van der Waals surface area contributed by atoms with Gasteiger partial charge in [0, 0.05) is 34.7 Å². The number of aryl methyl sites for hydroxylation is 1. The van der Waals surface area contributed by atoms with Crippen LogP contribution in [0.1, 0.15) is 31.2 Å². The molecular weight excluding hydrogens is 336 g/mol. The molecule has 2 aromatic heterocycles. The summed E-state index contributed by atoms with van der Waals surface area (Å²) in [4.78, 5) is 18.3. The maximum atomic E-state index is 4.89. The van der Waals surface area contributed by atoms with E-state index in [1.165, 1.54) is 0 Å². The highest BCUT2D eigenvalue weighted by atomic mass is 15.3. The van der Waals surface area contributed by atoms with Crippen LogP contribution in [-0.4, -0.2) is 47.7 Å². The third-order valence-corrected chi connectivity index (χ3v) is 4.38. The highest BCUT2D eigenvalue weighted by Gasteiger charge is 2.18. The van der Waals surface area contributed by atoms with Crippen molar-refractivity contribution in [3.63, 3.8) is 0 Å². The van der Waals surface area contributed by atoms with Crippen molar-refractivity contribution >= 4 is 35.1 Å². The number of hydrogen-bond acceptors (Lipinski definition) is 5. The van der Waals surface area contributed by atoms with Gasteiger partial charge in [-0.2, -0.15) is 9.97 Å². The van der Waals surface area contributed by atoms with Gasteiger partial charge in [-0.25, -0.2) is 4.98 Å². The molecule has 0 bridgehead atoms. The van der Waals surface area contributed by atoms with Gasteiger partial charge in [-0.15, -0.1) is 0 Å². The molecule has 142 valence electrons. The van der Waals surface area contributed by atoms with E-state index in [1.54, 1.807) is 0 Å². The molecule has 6 nitrogen and oxygen atoms in total. The summed E-state index contributed by atoms with van der Waals surface area (Å²) in [6, 6.07) is 10.3. The van der Waals surface area contributed by atoms with Gasteiger partial charge in [0.25, 0.3) is 0 Å². The Balaban J connectivity index is 2.17. The van der Waals surface area contributed by atoms with Gasteiger partial charge in [0.05, 0.1) is 0 Å². The van der Waals surface area contributed by atoms with Crippen molar-refractivity contribution in [2.24, 2.45) is 0 Å². The minimum absolute atomic E-state index is 0.697. The van der Waals surface area contributed by atoms with Crippen molar-refractivity contribution in [1.29, 1.82) is 0 Å². The van der Waals surface area contributed by atoms with Crippen LogP contribution in [0.4, 0.5) is 11.8 Å². The van der Waals surface area contributed by atoms with Crippen molar-refractivity contribution in [3.8, 4) is 0 Å². The van der Waals surface area contributed by atoms with Crippen LogP contribution in [0.3, 0.4) is 0 Å². The average molecular weight is 364 g/mol. The standard InChI is InChI=1S/C21H28N6/c1-6-7-15-27-17(14-13-16-11-9-8-10-12-16)22-18-19(25(2)3)23-21(26(4)5)24-20(18)27/h8-14H,6-7,15H2,1-5H3/b14-13+. The Bertz CT molecular complexity index is 925. The van der Waals surface area contributed by atoms with Crippen LogP contribution < -0.4 is 9.80 Å². The second-order valence-electron chi connectivity index (χ2n) is 7.03. The van der Waals surface area contributed by atoms with Gasteiger partial charge in [0.15, 0.2) is 17.0 Å². The molecular formula is C21H28N6. The lowest BCUT2D eigenvalue weighted by Gasteiger charge is -2.16. The minimum Gasteiger partial charge on any atom is -0.361 e. The summed E-state index contributed by atoms with van der Waals surface area (Å²) in [7, 11) is 7.91. The molecule has 0 spiro atoms. The first-order valence-corrected chi connectivity index (χ1v) is 9.37. The zero-order valence-electron chi connectivity index (χ0n) is 16.8. The Hall–Kier alpha value is -2.89. The second-order valence-corrected chi connectivity index (χ2v) is 7.03. The fraction of sp³-hybridized carbons (Fsp3) is 0.381. The number of fused-ring (bicyclic) bond motifs is 1. The van der Waals surface area contributed by atoms with E-state index < -0.39 is 0 Å². The van der Waals surface area contributed by atoms with E-state index in [-0.39, 0.29) is 0 Å². The quantitative estimate of drug-likeness (QED) is 0.636. The fourth-order valence-corrected chi connectivity index (χ4v) is 2.90. The number of imidazole rings is 1. The predicted molar refractivity (Wildman–Crippen MR) is 114 cm³/mol. The van der Waals surface area contributed by atoms with Crippen molar-refractivity contribution in [3.05, 3.63) is 41.7 Å². The lowest BCUT2D eigenvalue weighted by molar-refractivity contribution is 0.637. The molecule has 6 heteroatoms. The molecule has 0 atom stereocenters. The molecule has 1 aromatic carbocycles. The molecule has 0 N–H and O–H groups in total. The van der Waals surface area contributed by atoms with Crippen molar-refractivity contribution < 1.29 is 0 Å². The monoisotopic (exact) mass is 364 g/mol. The minimum atomic E-state index is 0.697. The van der Waals surface area contributed by atoms with Crippen LogP contribution in [0.5, 0.6) is 0 Å². The highest BCUT2D eigenvalue weighted by Crippen LogP contribution is 2.26. The maximum absolute atomic E-state index is 4.89. The lowest BCUT2D eigenvalue weighted by Crippen LogP contribution is -2.18. The number of anilines is 2. The smallest absolute Gasteiger partial charge is 0.228 e. The van der Waals surface area contributed by atoms with Crippen molar-refractivity contribution in [2.45, 2.75) is 26.3 Å². The fourth-order valence-electron chi connectivity index (χ4n) is 2.90. The van der Waals surface area contributed by atoms with Gasteiger partial charge < -0.3 is 14.4 Å². The zero-order valence-corrected chi connectivity index (χ0v) is 16.8. The predicted octanol–water partition coefficient (Wildman–Crippen LogP) is 3.93. The van der Waals surface area contributed by atoms with E-state index in [9.17, 15) is 0 Å². The van der Waals surface area contributed by atoms with Crippen LogP contribution in [0.15, 0.2) is 30.3 Å². The summed E-state index contributed by atoms with van der Waals surface area (Å²) in [5.74, 6) is 2.45.